The Bertz CT molecular complexity index is 433. The molecule has 0 amide bonds. The molecule has 202 valence electrons. The summed E-state index contributed by atoms with van der Waals surface area (Å²) in [5.41, 5.74) is 0. The van der Waals surface area contributed by atoms with Crippen LogP contribution in [0.4, 0.5) is 0 Å². The van der Waals surface area contributed by atoms with Crippen LogP contribution in [0.3, 0.4) is 0 Å². The number of hydrogen-bond acceptors (Lipinski definition) is 2. The van der Waals surface area contributed by atoms with Crippen molar-refractivity contribution in [2.24, 2.45) is 0 Å². The number of hydrogen-bond donors (Lipinski definition) is 0. The standard InChI is InChI=1S/C32H64N2/c1-4-7-9-11-13-15-17-18-19-21-23-25-27-29-34-31-30-33(32(34)6-3)28-26-24-22-20-16-14-12-10-8-5-2/h30-32H,4-29H2,1-3H3. The molecule has 1 unspecified atom stereocenters. The molecule has 1 rings (SSSR count). The van der Waals surface area contributed by atoms with Gasteiger partial charge in [-0.3, -0.25) is 0 Å². The maximum Gasteiger partial charge on any atom is 0.100 e. The smallest absolute Gasteiger partial charge is 0.100 e. The summed E-state index contributed by atoms with van der Waals surface area (Å²) in [5, 5.41) is 0. The Kier molecular flexibility index (Phi) is 22.2. The molecule has 0 aromatic rings. The maximum absolute atomic E-state index is 2.62. The predicted octanol–water partition coefficient (Wildman–Crippen LogP) is 10.8. The second-order valence-corrected chi connectivity index (χ2v) is 11.1. The van der Waals surface area contributed by atoms with Crippen LogP contribution in [0.2, 0.25) is 0 Å². The second-order valence-electron chi connectivity index (χ2n) is 11.1. The zero-order chi connectivity index (χ0) is 24.5. The molecule has 0 fully saturated rings. The van der Waals surface area contributed by atoms with Crippen molar-refractivity contribution in [2.75, 3.05) is 13.1 Å². The van der Waals surface area contributed by atoms with Crippen molar-refractivity contribution in [1.82, 2.24) is 9.80 Å². The molecule has 0 spiro atoms. The Morgan fingerprint density at radius 3 is 0.912 bits per heavy atom. The summed E-state index contributed by atoms with van der Waals surface area (Å²) >= 11 is 0. The summed E-state index contributed by atoms with van der Waals surface area (Å²) in [5.74, 6) is 0. The van der Waals surface area contributed by atoms with Crippen LogP contribution in [0.5, 0.6) is 0 Å². The second kappa shape index (κ2) is 24.1. The van der Waals surface area contributed by atoms with Crippen LogP contribution in [0, 0.1) is 0 Å². The molecule has 0 aliphatic carbocycles. The summed E-state index contributed by atoms with van der Waals surface area (Å²) in [4.78, 5) is 5.24. The molecular weight excluding hydrogens is 412 g/mol. The zero-order valence-electron chi connectivity index (χ0n) is 24.0. The Hall–Kier alpha value is -0.660. The van der Waals surface area contributed by atoms with Gasteiger partial charge >= 0.3 is 0 Å². The Balaban J connectivity index is 1.93. The quantitative estimate of drug-likeness (QED) is 0.114. The van der Waals surface area contributed by atoms with E-state index in [0.717, 1.165) is 0 Å². The van der Waals surface area contributed by atoms with Crippen LogP contribution in [0.1, 0.15) is 175 Å². The molecule has 0 saturated carbocycles. The summed E-state index contributed by atoms with van der Waals surface area (Å²) in [6, 6.07) is 0. The highest BCUT2D eigenvalue weighted by atomic mass is 15.4. The van der Waals surface area contributed by atoms with Crippen LogP contribution in [-0.2, 0) is 0 Å². The van der Waals surface area contributed by atoms with E-state index in [2.05, 4.69) is 43.0 Å². The van der Waals surface area contributed by atoms with Gasteiger partial charge in [0, 0.05) is 25.5 Å². The van der Waals surface area contributed by atoms with Gasteiger partial charge in [-0.1, -0.05) is 156 Å². The molecule has 0 aromatic heterocycles. The molecule has 0 saturated heterocycles. The van der Waals surface area contributed by atoms with Gasteiger partial charge in [-0.2, -0.15) is 0 Å². The molecule has 0 aromatic carbocycles. The third kappa shape index (κ3) is 16.9. The lowest BCUT2D eigenvalue weighted by Crippen LogP contribution is -2.38. The monoisotopic (exact) mass is 477 g/mol. The summed E-state index contributed by atoms with van der Waals surface area (Å²) in [6.45, 7) is 9.47. The first-order chi connectivity index (χ1) is 16.8. The normalized spacial score (nSPS) is 15.7. The van der Waals surface area contributed by atoms with Gasteiger partial charge in [-0.05, 0) is 19.3 Å². The number of unbranched alkanes of at least 4 members (excludes halogenated alkanes) is 21. The van der Waals surface area contributed by atoms with Crippen LogP contribution >= 0.6 is 0 Å². The number of nitrogens with zero attached hydrogens (tertiary/aromatic N) is 2. The molecule has 0 N–H and O–H groups in total. The van der Waals surface area contributed by atoms with Crippen LogP contribution < -0.4 is 0 Å². The summed E-state index contributed by atoms with van der Waals surface area (Å²) < 4.78 is 0. The van der Waals surface area contributed by atoms with Gasteiger partial charge in [0.05, 0.1) is 0 Å². The average Bonchev–Trinajstić information content (AvgIpc) is 3.24. The van der Waals surface area contributed by atoms with E-state index < -0.39 is 0 Å². The van der Waals surface area contributed by atoms with E-state index in [4.69, 9.17) is 0 Å². The maximum atomic E-state index is 2.62. The van der Waals surface area contributed by atoms with Crippen molar-refractivity contribution in [2.45, 2.75) is 181 Å². The highest BCUT2D eigenvalue weighted by molar-refractivity contribution is 4.96. The minimum absolute atomic E-state index is 0.621. The SMILES string of the molecule is CCCCCCCCCCCCCCCN1C=CN(CCCCCCCCCCCC)C1CC. The average molecular weight is 477 g/mol. The lowest BCUT2D eigenvalue weighted by Gasteiger charge is -2.32. The molecule has 2 nitrogen and oxygen atoms in total. The fraction of sp³-hybridized carbons (Fsp3) is 0.938. The molecule has 34 heavy (non-hydrogen) atoms. The summed E-state index contributed by atoms with van der Waals surface area (Å²) in [7, 11) is 0. The first-order valence-corrected chi connectivity index (χ1v) is 16.0. The van der Waals surface area contributed by atoms with Gasteiger partial charge in [-0.15, -0.1) is 0 Å². The molecule has 0 radical (unpaired) electrons. The van der Waals surface area contributed by atoms with Crippen LogP contribution in [0.15, 0.2) is 12.4 Å². The van der Waals surface area contributed by atoms with E-state index in [0.29, 0.717) is 6.17 Å². The lowest BCUT2D eigenvalue weighted by atomic mass is 10.0. The van der Waals surface area contributed by atoms with Gasteiger partial charge in [0.2, 0.25) is 0 Å². The molecule has 1 aliphatic heterocycles. The van der Waals surface area contributed by atoms with Crippen molar-refractivity contribution < 1.29 is 0 Å². The molecule has 1 aliphatic rings. The highest BCUT2D eigenvalue weighted by Crippen LogP contribution is 2.21. The van der Waals surface area contributed by atoms with Crippen LogP contribution in [-0.4, -0.2) is 29.1 Å². The van der Waals surface area contributed by atoms with Crippen molar-refractivity contribution in [3.8, 4) is 0 Å². The fourth-order valence-corrected chi connectivity index (χ4v) is 5.57. The van der Waals surface area contributed by atoms with E-state index in [1.165, 1.54) is 167 Å². The van der Waals surface area contributed by atoms with Crippen molar-refractivity contribution in [3.63, 3.8) is 0 Å². The van der Waals surface area contributed by atoms with E-state index >= 15 is 0 Å². The molecular formula is C32H64N2. The Labute approximate surface area is 216 Å². The summed E-state index contributed by atoms with van der Waals surface area (Å²) in [6.07, 6.45) is 39.6. The fourth-order valence-electron chi connectivity index (χ4n) is 5.57. The van der Waals surface area contributed by atoms with Crippen molar-refractivity contribution >= 4 is 0 Å². The first kappa shape index (κ1) is 31.4. The van der Waals surface area contributed by atoms with Gasteiger partial charge in [0.15, 0.2) is 0 Å². The van der Waals surface area contributed by atoms with Gasteiger partial charge in [-0.25, -0.2) is 0 Å². The van der Waals surface area contributed by atoms with Gasteiger partial charge < -0.3 is 9.80 Å². The highest BCUT2D eigenvalue weighted by Gasteiger charge is 2.23. The van der Waals surface area contributed by atoms with E-state index in [1.54, 1.807) is 0 Å². The largest absolute Gasteiger partial charge is 0.356 e. The Morgan fingerprint density at radius 1 is 0.382 bits per heavy atom. The molecule has 1 atom stereocenters. The third-order valence-electron chi connectivity index (χ3n) is 7.87. The number of rotatable bonds is 26. The molecule has 0 bridgehead atoms. The van der Waals surface area contributed by atoms with E-state index in [-0.39, 0.29) is 0 Å². The van der Waals surface area contributed by atoms with Crippen molar-refractivity contribution in [3.05, 3.63) is 12.4 Å². The minimum atomic E-state index is 0.621. The van der Waals surface area contributed by atoms with Crippen molar-refractivity contribution in [1.29, 1.82) is 0 Å². The van der Waals surface area contributed by atoms with E-state index in [1.807, 2.05) is 0 Å². The molecule has 2 heteroatoms. The van der Waals surface area contributed by atoms with Gasteiger partial charge in [0.1, 0.15) is 6.17 Å². The third-order valence-corrected chi connectivity index (χ3v) is 7.87. The predicted molar refractivity (Wildman–Crippen MR) is 154 cm³/mol. The molecule has 1 heterocycles. The van der Waals surface area contributed by atoms with E-state index in [9.17, 15) is 0 Å². The minimum Gasteiger partial charge on any atom is -0.356 e. The lowest BCUT2D eigenvalue weighted by molar-refractivity contribution is 0.144. The van der Waals surface area contributed by atoms with Gasteiger partial charge in [0.25, 0.3) is 0 Å². The zero-order valence-corrected chi connectivity index (χ0v) is 24.0. The Morgan fingerprint density at radius 2 is 0.647 bits per heavy atom. The van der Waals surface area contributed by atoms with Crippen LogP contribution in [0.25, 0.3) is 0 Å². The first-order valence-electron chi connectivity index (χ1n) is 16.0. The topological polar surface area (TPSA) is 6.48 Å².